The Hall–Kier alpha value is -0.120. The van der Waals surface area contributed by atoms with Crippen LogP contribution in [0.5, 0.6) is 0 Å². The van der Waals surface area contributed by atoms with Crippen LogP contribution < -0.4 is 5.32 Å². The zero-order valence-corrected chi connectivity index (χ0v) is 10.3. The first-order chi connectivity index (χ1) is 7.36. The summed E-state index contributed by atoms with van der Waals surface area (Å²) in [4.78, 5) is 2.54. The number of hydrogen-bond donors (Lipinski definition) is 1. The number of ether oxygens (including phenoxy) is 1. The largest absolute Gasteiger partial charge is 0.378 e. The number of nitrogens with zero attached hydrogens (tertiary/aromatic N) is 1. The van der Waals surface area contributed by atoms with Gasteiger partial charge in [0, 0.05) is 26.2 Å². The Morgan fingerprint density at radius 3 is 2.80 bits per heavy atom. The Bertz CT molecular complexity index is 147. The minimum absolute atomic E-state index is 0.541. The maximum absolute atomic E-state index is 5.64. The van der Waals surface area contributed by atoms with E-state index in [2.05, 4.69) is 17.1 Å². The molecule has 3 heteroatoms. The fourth-order valence-electron chi connectivity index (χ4n) is 2.12. The van der Waals surface area contributed by atoms with Gasteiger partial charge in [-0.3, -0.25) is 0 Å². The second-order valence-electron chi connectivity index (χ2n) is 4.37. The summed E-state index contributed by atoms with van der Waals surface area (Å²) in [7, 11) is 2.02. The summed E-state index contributed by atoms with van der Waals surface area (Å²) in [5.41, 5.74) is 0. The van der Waals surface area contributed by atoms with Gasteiger partial charge in [-0.05, 0) is 39.3 Å². The fourth-order valence-corrected chi connectivity index (χ4v) is 2.12. The smallest absolute Gasteiger partial charge is 0.0588 e. The molecule has 0 bridgehead atoms. The highest BCUT2D eigenvalue weighted by molar-refractivity contribution is 4.68. The monoisotopic (exact) mass is 214 g/mol. The van der Waals surface area contributed by atoms with Crippen molar-refractivity contribution in [2.75, 3.05) is 39.8 Å². The number of hydrogen-bond acceptors (Lipinski definition) is 3. The molecule has 0 spiro atoms. The third-order valence-electron chi connectivity index (χ3n) is 3.01. The van der Waals surface area contributed by atoms with Crippen molar-refractivity contribution in [1.82, 2.24) is 10.2 Å². The second kappa shape index (κ2) is 8.08. The van der Waals surface area contributed by atoms with Gasteiger partial charge in [0.2, 0.25) is 0 Å². The molecule has 0 amide bonds. The summed E-state index contributed by atoms with van der Waals surface area (Å²) >= 11 is 0. The first-order valence-corrected chi connectivity index (χ1v) is 6.35. The van der Waals surface area contributed by atoms with Gasteiger partial charge < -0.3 is 15.0 Å². The Labute approximate surface area is 94.2 Å². The Balaban J connectivity index is 2.11. The van der Waals surface area contributed by atoms with Gasteiger partial charge in [0.25, 0.3) is 0 Å². The minimum atomic E-state index is 0.541. The summed E-state index contributed by atoms with van der Waals surface area (Å²) in [6, 6.07) is 0. The number of nitrogens with one attached hydrogen (secondary N) is 1. The maximum atomic E-state index is 5.64. The first kappa shape index (κ1) is 12.9. The average Bonchev–Trinajstić information content (AvgIpc) is 2.75. The number of rotatable bonds is 8. The van der Waals surface area contributed by atoms with Gasteiger partial charge >= 0.3 is 0 Å². The van der Waals surface area contributed by atoms with Gasteiger partial charge in [0.1, 0.15) is 0 Å². The van der Waals surface area contributed by atoms with E-state index in [0.717, 1.165) is 19.7 Å². The van der Waals surface area contributed by atoms with Crippen molar-refractivity contribution in [2.45, 2.75) is 38.7 Å². The third-order valence-corrected chi connectivity index (χ3v) is 3.01. The molecule has 0 aromatic rings. The van der Waals surface area contributed by atoms with Gasteiger partial charge in [-0.1, -0.05) is 6.92 Å². The molecule has 1 N–H and O–H groups in total. The second-order valence-corrected chi connectivity index (χ2v) is 4.37. The SMILES string of the molecule is CCCN(CCNC)CCC1CCCO1. The lowest BCUT2D eigenvalue weighted by molar-refractivity contribution is 0.0921. The summed E-state index contributed by atoms with van der Waals surface area (Å²) in [6.45, 7) is 7.89. The molecule has 1 rings (SSSR count). The van der Waals surface area contributed by atoms with Crippen molar-refractivity contribution in [1.29, 1.82) is 0 Å². The van der Waals surface area contributed by atoms with Crippen molar-refractivity contribution in [3.63, 3.8) is 0 Å². The summed E-state index contributed by atoms with van der Waals surface area (Å²) in [5.74, 6) is 0. The van der Waals surface area contributed by atoms with Crippen LogP contribution in [0.2, 0.25) is 0 Å². The molecule has 0 aromatic carbocycles. The molecule has 0 aromatic heterocycles. The molecule has 0 saturated carbocycles. The lowest BCUT2D eigenvalue weighted by Crippen LogP contribution is -2.33. The van der Waals surface area contributed by atoms with Gasteiger partial charge in [-0.15, -0.1) is 0 Å². The van der Waals surface area contributed by atoms with Crippen LogP contribution in [0, 0.1) is 0 Å². The van der Waals surface area contributed by atoms with Crippen molar-refractivity contribution < 1.29 is 4.74 Å². The number of likely N-dealkylation sites (N-methyl/N-ethyl adjacent to an activating group) is 1. The topological polar surface area (TPSA) is 24.5 Å². The molecule has 1 aliphatic rings. The zero-order chi connectivity index (χ0) is 10.9. The van der Waals surface area contributed by atoms with Crippen molar-refractivity contribution in [3.05, 3.63) is 0 Å². The Morgan fingerprint density at radius 2 is 2.20 bits per heavy atom. The molecule has 1 atom stereocenters. The van der Waals surface area contributed by atoms with E-state index in [-0.39, 0.29) is 0 Å². The molecular weight excluding hydrogens is 188 g/mol. The van der Waals surface area contributed by atoms with E-state index in [1.807, 2.05) is 7.05 Å². The van der Waals surface area contributed by atoms with Gasteiger partial charge in [-0.2, -0.15) is 0 Å². The highest BCUT2D eigenvalue weighted by atomic mass is 16.5. The summed E-state index contributed by atoms with van der Waals surface area (Å²) < 4.78 is 5.64. The molecule has 1 saturated heterocycles. The van der Waals surface area contributed by atoms with Crippen LogP contribution in [0.15, 0.2) is 0 Å². The van der Waals surface area contributed by atoms with Gasteiger partial charge in [0.05, 0.1) is 6.10 Å². The molecule has 1 heterocycles. The van der Waals surface area contributed by atoms with Gasteiger partial charge in [0.15, 0.2) is 0 Å². The Morgan fingerprint density at radius 1 is 1.33 bits per heavy atom. The molecule has 0 aliphatic carbocycles. The van der Waals surface area contributed by atoms with E-state index >= 15 is 0 Å². The van der Waals surface area contributed by atoms with E-state index in [1.165, 1.54) is 38.8 Å². The highest BCUT2D eigenvalue weighted by Crippen LogP contribution is 2.15. The van der Waals surface area contributed by atoms with E-state index in [4.69, 9.17) is 4.74 Å². The van der Waals surface area contributed by atoms with Crippen molar-refractivity contribution >= 4 is 0 Å². The molecule has 15 heavy (non-hydrogen) atoms. The molecule has 1 aliphatic heterocycles. The predicted molar refractivity (Wildman–Crippen MR) is 64.2 cm³/mol. The molecular formula is C12H26N2O. The minimum Gasteiger partial charge on any atom is -0.378 e. The van der Waals surface area contributed by atoms with Gasteiger partial charge in [-0.25, -0.2) is 0 Å². The Kier molecular flexibility index (Phi) is 6.98. The van der Waals surface area contributed by atoms with E-state index in [0.29, 0.717) is 6.10 Å². The van der Waals surface area contributed by atoms with Crippen LogP contribution in [0.3, 0.4) is 0 Å². The van der Waals surface area contributed by atoms with E-state index < -0.39 is 0 Å². The van der Waals surface area contributed by atoms with Crippen molar-refractivity contribution in [3.8, 4) is 0 Å². The standard InChI is InChI=1S/C12H26N2O/c1-3-8-14(10-7-13-2)9-6-12-5-4-11-15-12/h12-13H,3-11H2,1-2H3. The van der Waals surface area contributed by atoms with Crippen LogP contribution in [0.4, 0.5) is 0 Å². The van der Waals surface area contributed by atoms with Crippen LogP contribution in [0.1, 0.15) is 32.6 Å². The zero-order valence-electron chi connectivity index (χ0n) is 10.3. The molecule has 1 fully saturated rings. The van der Waals surface area contributed by atoms with E-state index in [1.54, 1.807) is 0 Å². The normalized spacial score (nSPS) is 21.4. The molecule has 3 nitrogen and oxygen atoms in total. The molecule has 90 valence electrons. The third kappa shape index (κ3) is 5.50. The summed E-state index contributed by atoms with van der Waals surface area (Å²) in [5, 5.41) is 3.21. The maximum Gasteiger partial charge on any atom is 0.0588 e. The van der Waals surface area contributed by atoms with E-state index in [9.17, 15) is 0 Å². The average molecular weight is 214 g/mol. The molecule has 0 radical (unpaired) electrons. The summed E-state index contributed by atoms with van der Waals surface area (Å²) in [6.07, 6.45) is 5.53. The first-order valence-electron chi connectivity index (χ1n) is 6.35. The lowest BCUT2D eigenvalue weighted by Gasteiger charge is -2.22. The predicted octanol–water partition coefficient (Wildman–Crippen LogP) is 1.49. The highest BCUT2D eigenvalue weighted by Gasteiger charge is 2.16. The lowest BCUT2D eigenvalue weighted by atomic mass is 10.2. The molecule has 1 unspecified atom stereocenters. The quantitative estimate of drug-likeness (QED) is 0.662. The van der Waals surface area contributed by atoms with Crippen molar-refractivity contribution in [2.24, 2.45) is 0 Å². The van der Waals surface area contributed by atoms with Crippen LogP contribution in [-0.4, -0.2) is 50.8 Å². The fraction of sp³-hybridized carbons (Fsp3) is 1.00. The van der Waals surface area contributed by atoms with Crippen LogP contribution in [-0.2, 0) is 4.74 Å². The van der Waals surface area contributed by atoms with Crippen LogP contribution >= 0.6 is 0 Å². The van der Waals surface area contributed by atoms with Crippen LogP contribution in [0.25, 0.3) is 0 Å².